The van der Waals surface area contributed by atoms with Crippen LogP contribution in [0.4, 0.5) is 5.00 Å². The van der Waals surface area contributed by atoms with Crippen LogP contribution in [0, 0.1) is 0 Å². The maximum Gasteiger partial charge on any atom is 0.251 e. The molecule has 1 aliphatic carbocycles. The predicted octanol–water partition coefficient (Wildman–Crippen LogP) is 2.09. The molecule has 130 valence electrons. The SMILES string of the molecule is NC(=O)c1c(NC(=O)CNC(=O)c2ccccc2)sc2c1CCCC2. The third-order valence-corrected chi connectivity index (χ3v) is 5.32. The van der Waals surface area contributed by atoms with E-state index in [9.17, 15) is 14.4 Å². The van der Waals surface area contributed by atoms with Crippen molar-refractivity contribution in [3.8, 4) is 0 Å². The van der Waals surface area contributed by atoms with Crippen molar-refractivity contribution in [3.63, 3.8) is 0 Å². The number of rotatable bonds is 5. The van der Waals surface area contributed by atoms with E-state index in [0.717, 1.165) is 36.1 Å². The molecule has 0 aliphatic heterocycles. The van der Waals surface area contributed by atoms with E-state index in [0.29, 0.717) is 16.1 Å². The second-order valence-electron chi connectivity index (χ2n) is 5.88. The van der Waals surface area contributed by atoms with E-state index < -0.39 is 5.91 Å². The number of fused-ring (bicyclic) bond motifs is 1. The summed E-state index contributed by atoms with van der Waals surface area (Å²) in [6.45, 7) is -0.172. The van der Waals surface area contributed by atoms with Crippen molar-refractivity contribution >= 4 is 34.1 Å². The fraction of sp³-hybridized carbons (Fsp3) is 0.278. The summed E-state index contributed by atoms with van der Waals surface area (Å²) in [4.78, 5) is 37.0. The Balaban J connectivity index is 1.66. The van der Waals surface area contributed by atoms with Crippen molar-refractivity contribution in [1.29, 1.82) is 0 Å². The highest BCUT2D eigenvalue weighted by Gasteiger charge is 2.24. The van der Waals surface area contributed by atoms with Crippen LogP contribution in [0.15, 0.2) is 30.3 Å². The first kappa shape index (κ1) is 17.2. The molecule has 1 aromatic carbocycles. The molecular formula is C18H19N3O3S. The van der Waals surface area contributed by atoms with Crippen molar-refractivity contribution in [1.82, 2.24) is 5.32 Å². The Morgan fingerprint density at radius 2 is 1.80 bits per heavy atom. The number of hydrogen-bond donors (Lipinski definition) is 3. The third-order valence-electron chi connectivity index (χ3n) is 4.12. The van der Waals surface area contributed by atoms with Gasteiger partial charge < -0.3 is 16.4 Å². The molecular weight excluding hydrogens is 338 g/mol. The van der Waals surface area contributed by atoms with E-state index in [2.05, 4.69) is 10.6 Å². The highest BCUT2D eigenvalue weighted by molar-refractivity contribution is 7.17. The van der Waals surface area contributed by atoms with Crippen LogP contribution in [0.1, 0.15) is 44.0 Å². The second-order valence-corrected chi connectivity index (χ2v) is 6.98. The van der Waals surface area contributed by atoms with Crippen LogP contribution in [0.25, 0.3) is 0 Å². The molecule has 0 atom stereocenters. The van der Waals surface area contributed by atoms with Gasteiger partial charge in [-0.3, -0.25) is 14.4 Å². The second kappa shape index (κ2) is 7.48. The molecule has 0 saturated heterocycles. The van der Waals surface area contributed by atoms with E-state index in [1.807, 2.05) is 6.07 Å². The summed E-state index contributed by atoms with van der Waals surface area (Å²) in [5, 5.41) is 5.77. The number of aryl methyl sites for hydroxylation is 1. The molecule has 0 radical (unpaired) electrons. The van der Waals surface area contributed by atoms with Crippen molar-refractivity contribution in [2.75, 3.05) is 11.9 Å². The van der Waals surface area contributed by atoms with Crippen molar-refractivity contribution in [2.45, 2.75) is 25.7 Å². The number of amides is 3. The summed E-state index contributed by atoms with van der Waals surface area (Å²) in [5.41, 5.74) is 7.37. The first-order chi connectivity index (χ1) is 12.1. The van der Waals surface area contributed by atoms with Crippen molar-refractivity contribution in [3.05, 3.63) is 51.9 Å². The number of nitrogens with one attached hydrogen (secondary N) is 2. The number of nitrogens with two attached hydrogens (primary N) is 1. The minimum absolute atomic E-state index is 0.172. The Morgan fingerprint density at radius 3 is 2.52 bits per heavy atom. The predicted molar refractivity (Wildman–Crippen MR) is 96.9 cm³/mol. The van der Waals surface area contributed by atoms with Crippen molar-refractivity contribution < 1.29 is 14.4 Å². The monoisotopic (exact) mass is 357 g/mol. The zero-order chi connectivity index (χ0) is 17.8. The van der Waals surface area contributed by atoms with E-state index in [4.69, 9.17) is 5.73 Å². The number of anilines is 1. The highest BCUT2D eigenvalue weighted by atomic mass is 32.1. The fourth-order valence-corrected chi connectivity index (χ4v) is 4.25. The van der Waals surface area contributed by atoms with Gasteiger partial charge >= 0.3 is 0 Å². The normalized spacial score (nSPS) is 13.0. The topological polar surface area (TPSA) is 101 Å². The van der Waals surface area contributed by atoms with Crippen LogP contribution in [0.3, 0.4) is 0 Å². The van der Waals surface area contributed by atoms with Crippen LogP contribution in [0.5, 0.6) is 0 Å². The molecule has 1 heterocycles. The van der Waals surface area contributed by atoms with Crippen molar-refractivity contribution in [2.24, 2.45) is 5.73 Å². The Labute approximate surface area is 149 Å². The van der Waals surface area contributed by atoms with Gasteiger partial charge in [-0.15, -0.1) is 11.3 Å². The molecule has 0 saturated carbocycles. The Hall–Kier alpha value is -2.67. The van der Waals surface area contributed by atoms with Gasteiger partial charge in [0, 0.05) is 10.4 Å². The number of carbonyl (C=O) groups is 3. The zero-order valence-electron chi connectivity index (χ0n) is 13.6. The van der Waals surface area contributed by atoms with Gasteiger partial charge in [0.15, 0.2) is 0 Å². The average molecular weight is 357 g/mol. The Bertz CT molecular complexity index is 814. The molecule has 0 bridgehead atoms. The highest BCUT2D eigenvalue weighted by Crippen LogP contribution is 2.37. The lowest BCUT2D eigenvalue weighted by molar-refractivity contribution is -0.115. The van der Waals surface area contributed by atoms with Crippen LogP contribution >= 0.6 is 11.3 Å². The molecule has 0 spiro atoms. The summed E-state index contributed by atoms with van der Waals surface area (Å²) in [5.74, 6) is -1.23. The summed E-state index contributed by atoms with van der Waals surface area (Å²) in [7, 11) is 0. The van der Waals surface area contributed by atoms with E-state index in [1.54, 1.807) is 24.3 Å². The summed E-state index contributed by atoms with van der Waals surface area (Å²) in [6, 6.07) is 8.67. The molecule has 1 aromatic heterocycles. The smallest absolute Gasteiger partial charge is 0.251 e. The fourth-order valence-electron chi connectivity index (χ4n) is 2.94. The number of thiophene rings is 1. The molecule has 6 nitrogen and oxygen atoms in total. The molecule has 7 heteroatoms. The zero-order valence-corrected chi connectivity index (χ0v) is 14.4. The number of hydrogen-bond acceptors (Lipinski definition) is 4. The lowest BCUT2D eigenvalue weighted by atomic mass is 9.95. The van der Waals surface area contributed by atoms with Crippen LogP contribution < -0.4 is 16.4 Å². The molecule has 4 N–H and O–H groups in total. The number of benzene rings is 1. The van der Waals surface area contributed by atoms with E-state index >= 15 is 0 Å². The standard InChI is InChI=1S/C18H19N3O3S/c19-16(23)15-12-8-4-5-9-13(12)25-18(15)21-14(22)10-20-17(24)11-6-2-1-3-7-11/h1-3,6-7H,4-5,8-10H2,(H2,19,23)(H,20,24)(H,21,22). The first-order valence-corrected chi connectivity index (χ1v) is 8.95. The van der Waals surface area contributed by atoms with Gasteiger partial charge in [0.1, 0.15) is 5.00 Å². The third kappa shape index (κ3) is 3.88. The number of carbonyl (C=O) groups excluding carboxylic acids is 3. The number of primary amides is 1. The van der Waals surface area contributed by atoms with Gasteiger partial charge in [0.05, 0.1) is 12.1 Å². The molecule has 25 heavy (non-hydrogen) atoms. The minimum atomic E-state index is -0.525. The summed E-state index contributed by atoms with van der Waals surface area (Å²) in [6.07, 6.45) is 3.81. The lowest BCUT2D eigenvalue weighted by Gasteiger charge is -2.11. The minimum Gasteiger partial charge on any atom is -0.365 e. The van der Waals surface area contributed by atoms with Gasteiger partial charge in [-0.1, -0.05) is 18.2 Å². The Morgan fingerprint density at radius 1 is 1.08 bits per heavy atom. The van der Waals surface area contributed by atoms with Gasteiger partial charge in [-0.2, -0.15) is 0 Å². The lowest BCUT2D eigenvalue weighted by Crippen LogP contribution is -2.33. The Kier molecular flexibility index (Phi) is 5.14. The van der Waals surface area contributed by atoms with Gasteiger partial charge in [-0.25, -0.2) is 0 Å². The van der Waals surface area contributed by atoms with Gasteiger partial charge in [-0.05, 0) is 43.4 Å². The maximum absolute atomic E-state index is 12.2. The van der Waals surface area contributed by atoms with Crippen LogP contribution in [0.2, 0.25) is 0 Å². The first-order valence-electron chi connectivity index (χ1n) is 8.13. The van der Waals surface area contributed by atoms with E-state index in [1.165, 1.54) is 11.3 Å². The van der Waals surface area contributed by atoms with Crippen LogP contribution in [-0.2, 0) is 17.6 Å². The molecule has 1 aliphatic rings. The maximum atomic E-state index is 12.2. The molecule has 0 unspecified atom stereocenters. The summed E-state index contributed by atoms with van der Waals surface area (Å²) < 4.78 is 0. The average Bonchev–Trinajstić information content (AvgIpc) is 2.98. The summed E-state index contributed by atoms with van der Waals surface area (Å²) >= 11 is 1.40. The van der Waals surface area contributed by atoms with Crippen LogP contribution in [-0.4, -0.2) is 24.3 Å². The molecule has 0 fully saturated rings. The largest absolute Gasteiger partial charge is 0.365 e. The molecule has 3 rings (SSSR count). The van der Waals surface area contributed by atoms with Gasteiger partial charge in [0.25, 0.3) is 11.8 Å². The quantitative estimate of drug-likeness (QED) is 0.764. The van der Waals surface area contributed by atoms with Gasteiger partial charge in [0.2, 0.25) is 5.91 Å². The van der Waals surface area contributed by atoms with E-state index in [-0.39, 0.29) is 18.4 Å². The molecule has 2 aromatic rings. The molecule has 3 amide bonds.